The van der Waals surface area contributed by atoms with Crippen molar-refractivity contribution in [2.45, 2.75) is 19.0 Å². The van der Waals surface area contributed by atoms with Gasteiger partial charge in [0, 0.05) is 19.6 Å². The summed E-state index contributed by atoms with van der Waals surface area (Å²) in [6.07, 6.45) is 0.867. The van der Waals surface area contributed by atoms with Gasteiger partial charge in [0.2, 0.25) is 0 Å². The summed E-state index contributed by atoms with van der Waals surface area (Å²) in [5, 5.41) is 14.7. The van der Waals surface area contributed by atoms with Crippen molar-refractivity contribution in [2.24, 2.45) is 0 Å². The zero-order valence-corrected chi connectivity index (χ0v) is 18.7. The summed E-state index contributed by atoms with van der Waals surface area (Å²) >= 11 is 0. The summed E-state index contributed by atoms with van der Waals surface area (Å²) in [5.41, 5.74) is 2.52. The minimum Gasteiger partial charge on any atom is -0.480 e. The molecule has 1 unspecified atom stereocenters. The molecule has 0 aliphatic heterocycles. The fourth-order valence-electron chi connectivity index (χ4n) is 4.40. The molecule has 4 rings (SSSR count). The normalized spacial score (nSPS) is 12.6. The van der Waals surface area contributed by atoms with Crippen LogP contribution in [0.3, 0.4) is 0 Å². The quantitative estimate of drug-likeness (QED) is 0.407. The van der Waals surface area contributed by atoms with Gasteiger partial charge in [-0.25, -0.2) is 0 Å². The van der Waals surface area contributed by atoms with E-state index in [0.717, 1.165) is 13.0 Å². The lowest BCUT2D eigenvalue weighted by Crippen LogP contribution is -2.45. The molecule has 0 heterocycles. The van der Waals surface area contributed by atoms with Gasteiger partial charge in [-0.1, -0.05) is 84.9 Å². The summed E-state index contributed by atoms with van der Waals surface area (Å²) in [6, 6.07) is 29.1. The molecule has 0 aliphatic carbocycles. The summed E-state index contributed by atoms with van der Waals surface area (Å²) in [4.78, 5) is 16.0. The maximum absolute atomic E-state index is 11.9. The minimum atomic E-state index is -0.789. The van der Waals surface area contributed by atoms with Gasteiger partial charge in [-0.2, -0.15) is 0 Å². The average Bonchev–Trinajstić information content (AvgIpc) is 2.80. The van der Waals surface area contributed by atoms with Gasteiger partial charge in [0.25, 0.3) is 0 Å². The number of likely N-dealkylation sites (N-methyl/N-ethyl adjacent to an activating group) is 1. The number of carbonyl (C=O) groups is 1. The summed E-state index contributed by atoms with van der Waals surface area (Å²) in [6.45, 7) is 1.97. The highest BCUT2D eigenvalue weighted by Gasteiger charge is 2.23. The second-order valence-corrected chi connectivity index (χ2v) is 8.58. The highest BCUT2D eigenvalue weighted by molar-refractivity contribution is 5.86. The van der Waals surface area contributed by atoms with Crippen LogP contribution in [-0.2, 0) is 17.8 Å². The molecule has 4 aromatic rings. The van der Waals surface area contributed by atoms with Crippen molar-refractivity contribution in [3.8, 4) is 0 Å². The molecule has 0 radical (unpaired) electrons. The molecular weight excluding hydrogens is 396 g/mol. The molecule has 0 amide bonds. The fraction of sp³-hybridized carbons (Fsp3) is 0.250. The predicted molar refractivity (Wildman–Crippen MR) is 132 cm³/mol. The van der Waals surface area contributed by atoms with Gasteiger partial charge in [0.1, 0.15) is 6.04 Å². The van der Waals surface area contributed by atoms with Crippen molar-refractivity contribution in [2.75, 3.05) is 27.2 Å². The van der Waals surface area contributed by atoms with Crippen molar-refractivity contribution in [1.29, 1.82) is 0 Å². The number of carboxylic acid groups (broad SMARTS) is 1. The lowest BCUT2D eigenvalue weighted by molar-refractivity contribution is -0.143. The Kier molecular flexibility index (Phi) is 6.84. The smallest absolute Gasteiger partial charge is 0.322 e. The second kappa shape index (κ2) is 9.94. The number of aliphatic carboxylic acids is 1. The maximum Gasteiger partial charge on any atom is 0.322 e. The van der Waals surface area contributed by atoms with Gasteiger partial charge in [-0.15, -0.1) is 0 Å². The van der Waals surface area contributed by atoms with Crippen LogP contribution in [0.2, 0.25) is 0 Å². The number of hydrogen-bond donors (Lipinski definition) is 1. The standard InChI is InChI=1S/C28H30N2O2/c1-29(2)27(28(31)32)20-30(19-24-14-8-12-22-10-4-6-16-26(22)24)18-17-23-13-7-11-21-9-3-5-15-25(21)23/h3-16,27H,17-20H2,1-2H3,(H,31,32). The fourth-order valence-corrected chi connectivity index (χ4v) is 4.40. The molecule has 0 bridgehead atoms. The Labute approximate surface area is 189 Å². The number of nitrogens with zero attached hydrogens (tertiary/aromatic N) is 2. The molecule has 4 nitrogen and oxygen atoms in total. The van der Waals surface area contributed by atoms with Gasteiger partial charge < -0.3 is 5.11 Å². The molecule has 32 heavy (non-hydrogen) atoms. The molecular formula is C28H30N2O2. The molecule has 0 aliphatic rings. The van der Waals surface area contributed by atoms with E-state index in [1.165, 1.54) is 32.7 Å². The zero-order valence-electron chi connectivity index (χ0n) is 18.7. The van der Waals surface area contributed by atoms with Crippen molar-refractivity contribution in [1.82, 2.24) is 9.80 Å². The predicted octanol–water partition coefficient (Wildman–Crippen LogP) is 5.05. The molecule has 0 saturated carbocycles. The summed E-state index contributed by atoms with van der Waals surface area (Å²) in [5.74, 6) is -0.789. The first-order valence-electron chi connectivity index (χ1n) is 11.1. The van der Waals surface area contributed by atoms with Gasteiger partial charge in [0.05, 0.1) is 0 Å². The van der Waals surface area contributed by atoms with E-state index < -0.39 is 12.0 Å². The van der Waals surface area contributed by atoms with Crippen LogP contribution in [0.25, 0.3) is 21.5 Å². The Morgan fingerprint density at radius 1 is 0.781 bits per heavy atom. The molecule has 0 saturated heterocycles. The summed E-state index contributed by atoms with van der Waals surface area (Å²) < 4.78 is 0. The molecule has 0 spiro atoms. The first-order valence-corrected chi connectivity index (χ1v) is 11.1. The van der Waals surface area contributed by atoms with E-state index in [1.54, 1.807) is 4.90 Å². The monoisotopic (exact) mass is 426 g/mol. The number of rotatable bonds is 9. The van der Waals surface area contributed by atoms with E-state index in [4.69, 9.17) is 0 Å². The molecule has 1 N–H and O–H groups in total. The van der Waals surface area contributed by atoms with Crippen LogP contribution in [0, 0.1) is 0 Å². The van der Waals surface area contributed by atoms with Crippen molar-refractivity contribution in [3.63, 3.8) is 0 Å². The van der Waals surface area contributed by atoms with Crippen LogP contribution < -0.4 is 0 Å². The Bertz CT molecular complexity index is 1210. The van der Waals surface area contributed by atoms with Crippen molar-refractivity contribution < 1.29 is 9.90 Å². The molecule has 4 heteroatoms. The van der Waals surface area contributed by atoms with E-state index in [2.05, 4.69) is 89.8 Å². The zero-order chi connectivity index (χ0) is 22.5. The lowest BCUT2D eigenvalue weighted by atomic mass is 10.0. The Hall–Kier alpha value is -3.21. The van der Waals surface area contributed by atoms with Crippen molar-refractivity contribution >= 4 is 27.5 Å². The minimum absolute atomic E-state index is 0.469. The van der Waals surface area contributed by atoms with Crippen LogP contribution in [0.5, 0.6) is 0 Å². The summed E-state index contributed by atoms with van der Waals surface area (Å²) in [7, 11) is 3.67. The Balaban J connectivity index is 1.61. The molecule has 0 fully saturated rings. The number of carboxylic acids is 1. The van der Waals surface area contributed by atoms with Gasteiger partial charge >= 0.3 is 5.97 Å². The van der Waals surface area contributed by atoms with E-state index in [9.17, 15) is 9.90 Å². The highest BCUT2D eigenvalue weighted by Crippen LogP contribution is 2.22. The molecule has 164 valence electrons. The highest BCUT2D eigenvalue weighted by atomic mass is 16.4. The first-order chi connectivity index (χ1) is 15.5. The van der Waals surface area contributed by atoms with E-state index in [1.807, 2.05) is 14.1 Å². The van der Waals surface area contributed by atoms with Crippen LogP contribution >= 0.6 is 0 Å². The van der Waals surface area contributed by atoms with Gasteiger partial charge in [0.15, 0.2) is 0 Å². The third-order valence-electron chi connectivity index (χ3n) is 6.19. The number of fused-ring (bicyclic) bond motifs is 2. The second-order valence-electron chi connectivity index (χ2n) is 8.58. The molecule has 0 aromatic heterocycles. The number of hydrogen-bond acceptors (Lipinski definition) is 3. The van der Waals surface area contributed by atoms with Crippen molar-refractivity contribution in [3.05, 3.63) is 96.1 Å². The molecule has 1 atom stereocenters. The largest absolute Gasteiger partial charge is 0.480 e. The lowest BCUT2D eigenvalue weighted by Gasteiger charge is -2.29. The van der Waals surface area contributed by atoms with Crippen LogP contribution in [0.15, 0.2) is 84.9 Å². The average molecular weight is 427 g/mol. The molecule has 4 aromatic carbocycles. The van der Waals surface area contributed by atoms with Gasteiger partial charge in [-0.3, -0.25) is 14.6 Å². The van der Waals surface area contributed by atoms with E-state index in [0.29, 0.717) is 13.1 Å². The third kappa shape index (κ3) is 4.98. The third-order valence-corrected chi connectivity index (χ3v) is 6.19. The SMILES string of the molecule is CN(C)C(CN(CCc1cccc2ccccc12)Cc1cccc2ccccc12)C(=O)O. The van der Waals surface area contributed by atoms with E-state index in [-0.39, 0.29) is 0 Å². The van der Waals surface area contributed by atoms with Crippen LogP contribution in [-0.4, -0.2) is 54.1 Å². The van der Waals surface area contributed by atoms with Crippen LogP contribution in [0.4, 0.5) is 0 Å². The van der Waals surface area contributed by atoms with Crippen LogP contribution in [0.1, 0.15) is 11.1 Å². The maximum atomic E-state index is 11.9. The Morgan fingerprint density at radius 2 is 1.31 bits per heavy atom. The Morgan fingerprint density at radius 3 is 1.91 bits per heavy atom. The van der Waals surface area contributed by atoms with Gasteiger partial charge in [-0.05, 0) is 53.2 Å². The first kappa shape index (κ1) is 22.0. The number of benzene rings is 4. The van der Waals surface area contributed by atoms with E-state index >= 15 is 0 Å². The topological polar surface area (TPSA) is 43.8 Å².